The Hall–Kier alpha value is -3.22. The summed E-state index contributed by atoms with van der Waals surface area (Å²) in [5.74, 6) is 1.38. The van der Waals surface area contributed by atoms with E-state index >= 15 is 0 Å². The number of aromatic nitrogens is 4. The number of nitrogens with zero attached hydrogens (tertiary/aromatic N) is 4. The van der Waals surface area contributed by atoms with Crippen molar-refractivity contribution in [2.45, 2.75) is 19.8 Å². The number of amides is 1. The number of nitrogens with one attached hydrogen (secondary N) is 2. The van der Waals surface area contributed by atoms with Crippen molar-refractivity contribution in [1.82, 2.24) is 25.3 Å². The molecule has 0 bridgehead atoms. The summed E-state index contributed by atoms with van der Waals surface area (Å²) in [6.07, 6.45) is 3.08. The summed E-state index contributed by atoms with van der Waals surface area (Å²) in [6, 6.07) is 15.6. The average Bonchev–Trinajstić information content (AvgIpc) is 3.11. The molecule has 3 rings (SSSR count). The molecule has 0 aliphatic rings. The molecule has 3 aromatic rings. The Morgan fingerprint density at radius 2 is 1.88 bits per heavy atom. The Morgan fingerprint density at radius 3 is 2.58 bits per heavy atom. The molecule has 0 spiro atoms. The van der Waals surface area contributed by atoms with Gasteiger partial charge in [-0.25, -0.2) is 4.68 Å². The first-order chi connectivity index (χ1) is 12.7. The number of aryl methyl sites for hydroxylation is 2. The maximum absolute atomic E-state index is 11.9. The topological polar surface area (TPSA) is 84.7 Å². The summed E-state index contributed by atoms with van der Waals surface area (Å²) in [4.78, 5) is 11.9. The molecule has 0 aliphatic heterocycles. The van der Waals surface area contributed by atoms with E-state index in [2.05, 4.69) is 25.9 Å². The second-order valence-electron chi connectivity index (χ2n) is 5.94. The van der Waals surface area contributed by atoms with Crippen LogP contribution in [0.25, 0.3) is 5.82 Å². The van der Waals surface area contributed by atoms with Crippen molar-refractivity contribution in [3.8, 4) is 5.82 Å². The number of hydrogen-bond acceptors (Lipinski definition) is 5. The minimum absolute atomic E-state index is 0.0473. The van der Waals surface area contributed by atoms with Crippen molar-refractivity contribution in [1.29, 1.82) is 0 Å². The molecule has 7 nitrogen and oxygen atoms in total. The second kappa shape index (κ2) is 8.75. The van der Waals surface area contributed by atoms with Crippen LogP contribution in [0.2, 0.25) is 0 Å². The molecule has 0 saturated carbocycles. The smallest absolute Gasteiger partial charge is 0.220 e. The largest absolute Gasteiger partial charge is 0.367 e. The third-order valence-electron chi connectivity index (χ3n) is 3.84. The lowest BCUT2D eigenvalue weighted by Gasteiger charge is -2.07. The van der Waals surface area contributed by atoms with E-state index in [9.17, 15) is 4.79 Å². The minimum Gasteiger partial charge on any atom is -0.367 e. The van der Waals surface area contributed by atoms with Gasteiger partial charge in [0.2, 0.25) is 5.91 Å². The summed E-state index contributed by atoms with van der Waals surface area (Å²) in [5, 5.41) is 18.6. The van der Waals surface area contributed by atoms with Gasteiger partial charge in [-0.2, -0.15) is 5.10 Å². The lowest BCUT2D eigenvalue weighted by Crippen LogP contribution is -2.29. The number of rotatable bonds is 8. The normalized spacial score (nSPS) is 10.5. The predicted molar refractivity (Wildman–Crippen MR) is 100 cm³/mol. The fourth-order valence-corrected chi connectivity index (χ4v) is 2.47. The number of carbonyl (C=O) groups excluding carboxylic acids is 1. The molecular formula is C19H22N6O. The summed E-state index contributed by atoms with van der Waals surface area (Å²) < 4.78 is 1.68. The van der Waals surface area contributed by atoms with Crippen molar-refractivity contribution < 1.29 is 4.79 Å². The van der Waals surface area contributed by atoms with Gasteiger partial charge in [-0.3, -0.25) is 4.79 Å². The lowest BCUT2D eigenvalue weighted by molar-refractivity contribution is -0.120. The zero-order valence-electron chi connectivity index (χ0n) is 14.7. The summed E-state index contributed by atoms with van der Waals surface area (Å²) >= 11 is 0. The van der Waals surface area contributed by atoms with Gasteiger partial charge in [0.25, 0.3) is 0 Å². The Labute approximate surface area is 152 Å². The van der Waals surface area contributed by atoms with Crippen molar-refractivity contribution in [2.24, 2.45) is 0 Å². The van der Waals surface area contributed by atoms with E-state index in [1.807, 2.05) is 61.7 Å². The van der Waals surface area contributed by atoms with E-state index in [1.54, 1.807) is 4.68 Å². The molecule has 0 radical (unpaired) electrons. The van der Waals surface area contributed by atoms with E-state index < -0.39 is 0 Å². The first-order valence-corrected chi connectivity index (χ1v) is 8.61. The quantitative estimate of drug-likeness (QED) is 0.608. The zero-order valence-corrected chi connectivity index (χ0v) is 14.7. The number of carbonyl (C=O) groups is 1. The molecular weight excluding hydrogens is 328 g/mol. The van der Waals surface area contributed by atoms with Crippen LogP contribution in [0.1, 0.15) is 17.7 Å². The van der Waals surface area contributed by atoms with E-state index in [-0.39, 0.29) is 5.91 Å². The van der Waals surface area contributed by atoms with Gasteiger partial charge in [0, 0.05) is 25.7 Å². The molecule has 134 valence electrons. The number of hydrogen-bond donors (Lipinski definition) is 2. The molecule has 0 fully saturated rings. The molecule has 1 aromatic carbocycles. The van der Waals surface area contributed by atoms with Crippen LogP contribution in [0.5, 0.6) is 0 Å². The molecule has 0 atom stereocenters. The third-order valence-corrected chi connectivity index (χ3v) is 3.84. The first kappa shape index (κ1) is 17.6. The van der Waals surface area contributed by atoms with Gasteiger partial charge in [0.05, 0.1) is 5.69 Å². The summed E-state index contributed by atoms with van der Waals surface area (Å²) in [5.41, 5.74) is 2.10. The number of anilines is 1. The van der Waals surface area contributed by atoms with Gasteiger partial charge in [-0.15, -0.1) is 10.2 Å². The van der Waals surface area contributed by atoms with Crippen LogP contribution < -0.4 is 10.6 Å². The molecule has 1 amide bonds. The molecule has 7 heteroatoms. The molecule has 0 aliphatic carbocycles. The third kappa shape index (κ3) is 5.14. The Morgan fingerprint density at radius 1 is 1.04 bits per heavy atom. The minimum atomic E-state index is 0.0473. The van der Waals surface area contributed by atoms with Crippen LogP contribution in [0.4, 0.5) is 5.82 Å². The van der Waals surface area contributed by atoms with Gasteiger partial charge >= 0.3 is 0 Å². The standard InChI is InChI=1S/C19H22N6O/c1-15-11-14-25(24-15)18-9-8-17(22-23-18)20-12-13-21-19(26)10-7-16-5-3-2-4-6-16/h2-6,8-9,11,14H,7,10,12-13H2,1H3,(H,20,22)(H,21,26). The fourth-order valence-electron chi connectivity index (χ4n) is 2.47. The number of benzene rings is 1. The van der Waals surface area contributed by atoms with Crippen LogP contribution in [-0.2, 0) is 11.2 Å². The lowest BCUT2D eigenvalue weighted by atomic mass is 10.1. The van der Waals surface area contributed by atoms with Crippen LogP contribution in [0.3, 0.4) is 0 Å². The highest BCUT2D eigenvalue weighted by molar-refractivity contribution is 5.76. The molecule has 2 aromatic heterocycles. The van der Waals surface area contributed by atoms with E-state index in [0.717, 1.165) is 12.1 Å². The van der Waals surface area contributed by atoms with Gasteiger partial charge in [0.15, 0.2) is 5.82 Å². The SMILES string of the molecule is Cc1ccn(-c2ccc(NCCNC(=O)CCc3ccccc3)nn2)n1. The monoisotopic (exact) mass is 350 g/mol. The van der Waals surface area contributed by atoms with E-state index in [0.29, 0.717) is 31.1 Å². The van der Waals surface area contributed by atoms with Crippen LogP contribution in [0.15, 0.2) is 54.7 Å². The maximum Gasteiger partial charge on any atom is 0.220 e. The summed E-state index contributed by atoms with van der Waals surface area (Å²) in [6.45, 7) is 3.05. The van der Waals surface area contributed by atoms with Crippen LogP contribution in [0, 0.1) is 6.92 Å². The van der Waals surface area contributed by atoms with Crippen molar-refractivity contribution in [3.05, 3.63) is 66.0 Å². The molecule has 2 N–H and O–H groups in total. The molecule has 2 heterocycles. The van der Waals surface area contributed by atoms with Gasteiger partial charge in [0.1, 0.15) is 5.82 Å². The Kier molecular flexibility index (Phi) is 5.92. The summed E-state index contributed by atoms with van der Waals surface area (Å²) in [7, 11) is 0. The zero-order chi connectivity index (χ0) is 18.2. The fraction of sp³-hybridized carbons (Fsp3) is 0.263. The highest BCUT2D eigenvalue weighted by atomic mass is 16.1. The van der Waals surface area contributed by atoms with Gasteiger partial charge in [-0.1, -0.05) is 30.3 Å². The van der Waals surface area contributed by atoms with Gasteiger partial charge < -0.3 is 10.6 Å². The van der Waals surface area contributed by atoms with Crippen molar-refractivity contribution >= 4 is 11.7 Å². The van der Waals surface area contributed by atoms with Crippen molar-refractivity contribution in [2.75, 3.05) is 18.4 Å². The second-order valence-corrected chi connectivity index (χ2v) is 5.94. The molecule has 26 heavy (non-hydrogen) atoms. The Balaban J connectivity index is 1.36. The highest BCUT2D eigenvalue weighted by Gasteiger charge is 2.03. The van der Waals surface area contributed by atoms with E-state index in [1.165, 1.54) is 5.56 Å². The Bertz CT molecular complexity index is 829. The van der Waals surface area contributed by atoms with Crippen molar-refractivity contribution in [3.63, 3.8) is 0 Å². The maximum atomic E-state index is 11.9. The van der Waals surface area contributed by atoms with Crippen LogP contribution >= 0.6 is 0 Å². The average molecular weight is 350 g/mol. The van der Waals surface area contributed by atoms with Gasteiger partial charge in [-0.05, 0) is 37.1 Å². The molecule has 0 unspecified atom stereocenters. The first-order valence-electron chi connectivity index (χ1n) is 8.61. The predicted octanol–water partition coefficient (Wildman–Crippen LogP) is 2.13. The molecule has 0 saturated heterocycles. The van der Waals surface area contributed by atoms with E-state index in [4.69, 9.17) is 0 Å². The van der Waals surface area contributed by atoms with Crippen LogP contribution in [-0.4, -0.2) is 39.0 Å². The highest BCUT2D eigenvalue weighted by Crippen LogP contribution is 2.06.